The van der Waals surface area contributed by atoms with Crippen LogP contribution >= 0.6 is 47.8 Å². The Morgan fingerprint density at radius 1 is 0.414 bits per heavy atom. The molecule has 0 radical (unpaired) electrons. The van der Waals surface area contributed by atoms with E-state index in [-0.39, 0.29) is 28.6 Å². The molecule has 0 N–H and O–H groups in total. The number of pyridine rings is 2. The SMILES string of the molecule is CC(C)(C)c1ccnc(-c2ccc(-c3ccccc3C3CC(c4ccccc4-c4ccc(-c5cc(C(C)(C)C)ccn5)cc4Br)CC(c4ccccc4-c4ccc(-n5cccn5)cc4Br)C3)c(Br)c2)c1. The van der Waals surface area contributed by atoms with Gasteiger partial charge in [0.1, 0.15) is 0 Å². The van der Waals surface area contributed by atoms with Gasteiger partial charge in [-0.25, -0.2) is 4.68 Å². The molecule has 4 nitrogen and oxygen atoms in total. The average molecular weight is 1110 g/mol. The van der Waals surface area contributed by atoms with Gasteiger partial charge in [-0.2, -0.15) is 5.10 Å². The Bertz CT molecular complexity index is 3180. The second kappa shape index (κ2) is 19.8. The van der Waals surface area contributed by atoms with Crippen molar-refractivity contribution in [2.45, 2.75) is 89.4 Å². The number of rotatable bonds is 9. The van der Waals surface area contributed by atoms with Crippen molar-refractivity contribution in [3.8, 4) is 61.6 Å². The van der Waals surface area contributed by atoms with Gasteiger partial charge in [0, 0.05) is 49.3 Å². The molecule has 0 bridgehead atoms. The van der Waals surface area contributed by atoms with E-state index in [1.165, 1.54) is 61.2 Å². The summed E-state index contributed by atoms with van der Waals surface area (Å²) in [6.07, 6.45) is 10.7. The van der Waals surface area contributed by atoms with Crippen molar-refractivity contribution in [2.24, 2.45) is 0 Å². The summed E-state index contributed by atoms with van der Waals surface area (Å²) in [5.41, 5.74) is 19.3. The molecule has 1 saturated carbocycles. The van der Waals surface area contributed by atoms with Crippen LogP contribution in [0.2, 0.25) is 0 Å². The maximum Gasteiger partial charge on any atom is 0.0705 e. The highest BCUT2D eigenvalue weighted by molar-refractivity contribution is 9.11. The van der Waals surface area contributed by atoms with Gasteiger partial charge < -0.3 is 0 Å². The van der Waals surface area contributed by atoms with Crippen molar-refractivity contribution in [1.82, 2.24) is 19.7 Å². The molecule has 0 aliphatic heterocycles. The average Bonchev–Trinajstić information content (AvgIpc) is 3.92. The molecule has 1 aliphatic rings. The Morgan fingerprint density at radius 3 is 1.19 bits per heavy atom. The van der Waals surface area contributed by atoms with Crippen LogP contribution in [-0.2, 0) is 10.8 Å². The first-order valence-corrected chi connectivity index (χ1v) is 26.7. The minimum atomic E-state index is 0.0320. The van der Waals surface area contributed by atoms with Crippen LogP contribution in [0.1, 0.15) is 106 Å². The number of nitrogens with zero attached hydrogens (tertiary/aromatic N) is 4. The zero-order valence-corrected chi connectivity index (χ0v) is 45.4. The summed E-state index contributed by atoms with van der Waals surface area (Å²) < 4.78 is 5.09. The second-order valence-corrected chi connectivity index (χ2v) is 23.5. The summed E-state index contributed by atoms with van der Waals surface area (Å²) in [5.74, 6) is 0.823. The zero-order chi connectivity index (χ0) is 48.7. The van der Waals surface area contributed by atoms with Crippen molar-refractivity contribution >= 4 is 47.8 Å². The zero-order valence-electron chi connectivity index (χ0n) is 40.6. The molecule has 2 unspecified atom stereocenters. The molecule has 10 rings (SSSR count). The molecule has 2 atom stereocenters. The standard InChI is InChI=1S/C63H57Br3N4/c1-62(2,3)45-26-29-67-60(37-45)40-20-23-54(57(64)35-40)51-17-10-7-14-48(51)42-32-43(34-44(33-42)50-16-9-12-19-53(50)56-25-22-47(39-59(56)66)70-31-13-28-69-70)49-15-8-11-18-52(49)55-24-21-41(36-58(55)65)61-38-46(27-30-68-61)63(4,5)6/h7-31,35-39,42-44H,32-34H2,1-6H3. The van der Waals surface area contributed by atoms with Crippen LogP contribution in [0.3, 0.4) is 0 Å². The van der Waals surface area contributed by atoms with E-state index in [9.17, 15) is 0 Å². The summed E-state index contributed by atoms with van der Waals surface area (Å²) >= 11 is 12.2. The van der Waals surface area contributed by atoms with Gasteiger partial charge in [0.25, 0.3) is 0 Å². The third-order valence-corrected chi connectivity index (χ3v) is 16.3. The molecular weight excluding hydrogens is 1050 g/mol. The first-order valence-electron chi connectivity index (χ1n) is 24.3. The fourth-order valence-electron chi connectivity index (χ4n) is 10.6. The van der Waals surface area contributed by atoms with E-state index in [1.54, 1.807) is 0 Å². The normalized spacial score (nSPS) is 16.3. The van der Waals surface area contributed by atoms with Crippen molar-refractivity contribution in [2.75, 3.05) is 0 Å². The van der Waals surface area contributed by atoms with Gasteiger partial charge in [-0.3, -0.25) is 9.97 Å². The maximum absolute atomic E-state index is 4.81. The minimum Gasteiger partial charge on any atom is -0.256 e. The smallest absolute Gasteiger partial charge is 0.0705 e. The quantitative estimate of drug-likeness (QED) is 0.145. The molecule has 70 heavy (non-hydrogen) atoms. The van der Waals surface area contributed by atoms with Crippen LogP contribution in [0.4, 0.5) is 0 Å². The highest BCUT2D eigenvalue weighted by Crippen LogP contribution is 2.53. The van der Waals surface area contributed by atoms with Gasteiger partial charge in [-0.15, -0.1) is 0 Å². The van der Waals surface area contributed by atoms with Gasteiger partial charge in [0.05, 0.1) is 17.1 Å². The summed E-state index contributed by atoms with van der Waals surface area (Å²) in [6.45, 7) is 13.5. The van der Waals surface area contributed by atoms with E-state index in [4.69, 9.17) is 9.97 Å². The van der Waals surface area contributed by atoms with Crippen molar-refractivity contribution in [3.05, 3.63) is 224 Å². The van der Waals surface area contributed by atoms with E-state index in [0.29, 0.717) is 0 Å². The predicted octanol–water partition coefficient (Wildman–Crippen LogP) is 18.7. The number of benzene rings is 6. The lowest BCUT2D eigenvalue weighted by molar-refractivity contribution is 0.353. The van der Waals surface area contributed by atoms with Crippen molar-refractivity contribution in [1.29, 1.82) is 0 Å². The summed E-state index contributed by atoms with van der Waals surface area (Å²) in [6, 6.07) is 58.1. The van der Waals surface area contributed by atoms with Crippen LogP contribution < -0.4 is 0 Å². The molecule has 9 aromatic rings. The number of hydrogen-bond donors (Lipinski definition) is 0. The van der Waals surface area contributed by atoms with E-state index < -0.39 is 0 Å². The van der Waals surface area contributed by atoms with Gasteiger partial charge in [-0.1, -0.05) is 192 Å². The van der Waals surface area contributed by atoms with E-state index in [2.05, 4.69) is 246 Å². The third kappa shape index (κ3) is 9.95. The summed E-state index contributed by atoms with van der Waals surface area (Å²) in [7, 11) is 0. The summed E-state index contributed by atoms with van der Waals surface area (Å²) in [4.78, 5) is 9.62. The second-order valence-electron chi connectivity index (χ2n) is 20.9. The van der Waals surface area contributed by atoms with Crippen LogP contribution in [0, 0.1) is 0 Å². The first-order chi connectivity index (χ1) is 33.7. The van der Waals surface area contributed by atoms with E-state index >= 15 is 0 Å². The molecule has 3 aromatic heterocycles. The van der Waals surface area contributed by atoms with Crippen molar-refractivity contribution in [3.63, 3.8) is 0 Å². The lowest BCUT2D eigenvalue weighted by atomic mass is 9.66. The van der Waals surface area contributed by atoms with Crippen molar-refractivity contribution < 1.29 is 0 Å². The monoisotopic (exact) mass is 1110 g/mol. The first kappa shape index (κ1) is 47.9. The molecule has 0 saturated heterocycles. The van der Waals surface area contributed by atoms with Crippen LogP contribution in [0.25, 0.3) is 61.6 Å². The van der Waals surface area contributed by atoms with E-state index in [0.717, 1.165) is 60.9 Å². The fraction of sp³-hybridized carbons (Fsp3) is 0.222. The Morgan fingerprint density at radius 2 is 0.814 bits per heavy atom. The Hall–Kier alpha value is -5.73. The molecule has 3 heterocycles. The van der Waals surface area contributed by atoms with Gasteiger partial charge in [0.15, 0.2) is 0 Å². The van der Waals surface area contributed by atoms with E-state index in [1.807, 2.05) is 35.5 Å². The molecular formula is C63H57Br3N4. The number of halogens is 3. The largest absolute Gasteiger partial charge is 0.256 e. The number of aromatic nitrogens is 4. The molecule has 0 spiro atoms. The third-order valence-electron chi connectivity index (χ3n) is 14.3. The van der Waals surface area contributed by atoms with Crippen LogP contribution in [0.5, 0.6) is 0 Å². The lowest BCUT2D eigenvalue weighted by Crippen LogP contribution is -2.21. The summed E-state index contributed by atoms with van der Waals surface area (Å²) in [5, 5.41) is 4.51. The Labute approximate surface area is 439 Å². The lowest BCUT2D eigenvalue weighted by Gasteiger charge is -2.38. The molecule has 1 fully saturated rings. The molecule has 6 aromatic carbocycles. The van der Waals surface area contributed by atoms with Gasteiger partial charge >= 0.3 is 0 Å². The topological polar surface area (TPSA) is 43.6 Å². The molecule has 350 valence electrons. The molecule has 0 amide bonds. The van der Waals surface area contributed by atoms with Crippen LogP contribution in [-0.4, -0.2) is 19.7 Å². The van der Waals surface area contributed by atoms with Gasteiger partial charge in [-0.05, 0) is 164 Å². The highest BCUT2D eigenvalue weighted by Gasteiger charge is 2.35. The Kier molecular flexibility index (Phi) is 13.6. The maximum atomic E-state index is 4.81. The Balaban J connectivity index is 1.06. The van der Waals surface area contributed by atoms with Crippen LogP contribution in [0.15, 0.2) is 196 Å². The molecule has 7 heteroatoms. The predicted molar refractivity (Wildman–Crippen MR) is 302 cm³/mol. The fourth-order valence-corrected chi connectivity index (χ4v) is 12.3. The van der Waals surface area contributed by atoms with Gasteiger partial charge in [0.2, 0.25) is 0 Å². The highest BCUT2D eigenvalue weighted by atomic mass is 79.9. The minimum absolute atomic E-state index is 0.0320. The molecule has 1 aliphatic carbocycles. The number of hydrogen-bond acceptors (Lipinski definition) is 3.